The minimum Gasteiger partial charge on any atom is -0.481 e. The number of carbonyl (C=O) groups is 4. The maximum absolute atomic E-state index is 13.0. The number of benzene rings is 1. The minimum atomic E-state index is -1.98. The maximum Gasteiger partial charge on any atom is 0.408 e. The number of rotatable bonds is 7. The zero-order valence-electron chi connectivity index (χ0n) is 20.6. The fraction of sp³-hybridized carbons (Fsp3) is 0.583. The first kappa shape index (κ1) is 27.9. The Hall–Kier alpha value is -2.72. The van der Waals surface area contributed by atoms with E-state index in [1.165, 1.54) is 12.1 Å². The molecule has 3 rings (SSSR count). The number of carbonyl (C=O) groups excluding carboxylic acids is 2. The van der Waals surface area contributed by atoms with Gasteiger partial charge in [0.1, 0.15) is 5.60 Å². The monoisotopic (exact) mass is 543 g/mol. The molecule has 2 aliphatic carbocycles. The van der Waals surface area contributed by atoms with Crippen LogP contribution in [0.25, 0.3) is 0 Å². The van der Waals surface area contributed by atoms with Crippen molar-refractivity contribution in [3.63, 3.8) is 0 Å². The van der Waals surface area contributed by atoms with E-state index >= 15 is 0 Å². The Balaban J connectivity index is 2.01. The molecule has 2 fully saturated rings. The number of fused-ring (bicyclic) bond motifs is 1. The summed E-state index contributed by atoms with van der Waals surface area (Å²) in [6.45, 7) is 8.42. The molecule has 2 aliphatic rings. The summed E-state index contributed by atoms with van der Waals surface area (Å²) in [5.41, 5.74) is -3.74. The Morgan fingerprint density at radius 1 is 1.06 bits per heavy atom. The molecule has 198 valence electrons. The van der Waals surface area contributed by atoms with Crippen LogP contribution < -0.4 is 16.0 Å². The van der Waals surface area contributed by atoms with E-state index in [2.05, 4.69) is 16.0 Å². The lowest BCUT2D eigenvalue weighted by Crippen LogP contribution is -2.69. The number of aliphatic carboxylic acids is 2. The molecule has 5 N–H and O–H groups in total. The second-order valence-electron chi connectivity index (χ2n) is 10.3. The van der Waals surface area contributed by atoms with E-state index in [0.29, 0.717) is 10.7 Å². The first-order valence-electron chi connectivity index (χ1n) is 11.6. The number of hydrogen-bond acceptors (Lipinski definition) is 5. The number of amides is 3. The van der Waals surface area contributed by atoms with Crippen molar-refractivity contribution in [1.82, 2.24) is 10.6 Å². The lowest BCUT2D eigenvalue weighted by atomic mass is 9.62. The predicted molar refractivity (Wildman–Crippen MR) is 133 cm³/mol. The molecule has 0 heterocycles. The average Bonchev–Trinajstić information content (AvgIpc) is 3.45. The van der Waals surface area contributed by atoms with E-state index in [0.717, 1.165) is 0 Å². The SMILES string of the molecule is CCC1(CC)[C@@H](NC(=O)Nc2ccc(Cl)c(Cl)c2)[C@@H]2[C@@H](C(=O)O)[C@H]2[C@@]1(NC(=O)OC(C)(C)C)C(=O)O. The molecule has 36 heavy (non-hydrogen) atoms. The summed E-state index contributed by atoms with van der Waals surface area (Å²) in [6.07, 6.45) is -0.488. The topological polar surface area (TPSA) is 154 Å². The highest BCUT2D eigenvalue weighted by atomic mass is 35.5. The number of urea groups is 1. The van der Waals surface area contributed by atoms with Gasteiger partial charge in [-0.25, -0.2) is 14.4 Å². The predicted octanol–water partition coefficient (Wildman–Crippen LogP) is 4.60. The number of hydrogen-bond donors (Lipinski definition) is 5. The van der Waals surface area contributed by atoms with Crippen molar-refractivity contribution < 1.29 is 34.1 Å². The van der Waals surface area contributed by atoms with Crippen LogP contribution in [0.1, 0.15) is 47.5 Å². The van der Waals surface area contributed by atoms with Crippen LogP contribution in [0.5, 0.6) is 0 Å². The lowest BCUT2D eigenvalue weighted by Gasteiger charge is -2.48. The molecule has 0 radical (unpaired) electrons. The third-order valence-electron chi connectivity index (χ3n) is 7.39. The molecule has 0 aliphatic heterocycles. The van der Waals surface area contributed by atoms with Crippen molar-refractivity contribution in [2.24, 2.45) is 23.2 Å². The van der Waals surface area contributed by atoms with Gasteiger partial charge in [0.2, 0.25) is 0 Å². The number of halogens is 2. The summed E-state index contributed by atoms with van der Waals surface area (Å²) < 4.78 is 5.35. The standard InChI is InChI=1S/C24H31Cl2N3O7/c1-6-23(7-2)17(28-20(34)27-11-8-9-12(25)13(26)10-11)14-15(18(30)31)16(14)24(23,19(32)33)29-21(35)36-22(3,4)5/h8-10,14-17H,6-7H2,1-5H3,(H,29,35)(H,30,31)(H,32,33)(H2,27,28,34)/t14-,15-,16+,17+,24-/m1/s1. The van der Waals surface area contributed by atoms with Gasteiger partial charge < -0.3 is 30.9 Å². The van der Waals surface area contributed by atoms with Gasteiger partial charge in [0, 0.05) is 23.1 Å². The van der Waals surface area contributed by atoms with Crippen LogP contribution >= 0.6 is 23.2 Å². The van der Waals surface area contributed by atoms with Crippen molar-refractivity contribution in [1.29, 1.82) is 0 Å². The molecule has 0 aromatic heterocycles. The number of nitrogens with one attached hydrogen (secondary N) is 3. The van der Waals surface area contributed by atoms with Gasteiger partial charge in [0.15, 0.2) is 5.54 Å². The molecule has 12 heteroatoms. The Morgan fingerprint density at radius 3 is 2.14 bits per heavy atom. The number of alkyl carbamates (subject to hydrolysis) is 1. The van der Waals surface area contributed by atoms with E-state index in [1.807, 2.05) is 0 Å². The van der Waals surface area contributed by atoms with Crippen LogP contribution in [0, 0.1) is 23.2 Å². The van der Waals surface area contributed by atoms with Crippen LogP contribution in [0.15, 0.2) is 18.2 Å². The first-order valence-corrected chi connectivity index (χ1v) is 12.4. The zero-order valence-corrected chi connectivity index (χ0v) is 22.2. The van der Waals surface area contributed by atoms with Gasteiger partial charge in [-0.2, -0.15) is 0 Å². The smallest absolute Gasteiger partial charge is 0.408 e. The molecule has 1 aromatic rings. The molecule has 0 spiro atoms. The third-order valence-corrected chi connectivity index (χ3v) is 8.13. The van der Waals surface area contributed by atoms with Gasteiger partial charge in [-0.1, -0.05) is 37.0 Å². The van der Waals surface area contributed by atoms with Crippen molar-refractivity contribution in [3.05, 3.63) is 28.2 Å². The summed E-state index contributed by atoms with van der Waals surface area (Å²) in [7, 11) is 0. The van der Waals surface area contributed by atoms with E-state index in [1.54, 1.807) is 40.7 Å². The molecule has 10 nitrogen and oxygen atoms in total. The van der Waals surface area contributed by atoms with Crippen molar-refractivity contribution in [2.45, 2.75) is 64.6 Å². The second kappa shape index (κ2) is 9.63. The molecule has 0 unspecified atom stereocenters. The second-order valence-corrected chi connectivity index (χ2v) is 11.1. The molecule has 0 saturated heterocycles. The molecular weight excluding hydrogens is 513 g/mol. The molecule has 1 aromatic carbocycles. The Labute approximate surface area is 219 Å². The summed E-state index contributed by atoms with van der Waals surface area (Å²) in [6, 6.07) is 2.97. The van der Waals surface area contributed by atoms with Crippen molar-refractivity contribution in [2.75, 3.05) is 5.32 Å². The first-order chi connectivity index (χ1) is 16.6. The molecular formula is C24H31Cl2N3O7. The molecule has 5 atom stereocenters. The van der Waals surface area contributed by atoms with E-state index in [-0.39, 0.29) is 17.9 Å². The Morgan fingerprint density at radius 2 is 1.67 bits per heavy atom. The fourth-order valence-electron chi connectivity index (χ4n) is 6.02. The highest BCUT2D eigenvalue weighted by molar-refractivity contribution is 6.42. The van der Waals surface area contributed by atoms with Crippen LogP contribution in [0.2, 0.25) is 10.0 Å². The third kappa shape index (κ3) is 4.56. The number of anilines is 1. The fourth-order valence-corrected chi connectivity index (χ4v) is 6.31. The van der Waals surface area contributed by atoms with Crippen LogP contribution in [-0.2, 0) is 14.3 Å². The normalized spacial score (nSPS) is 28.0. The molecule has 3 amide bonds. The Bertz CT molecular complexity index is 1090. The number of carboxylic acid groups (broad SMARTS) is 2. The maximum atomic E-state index is 13.0. The number of ether oxygens (including phenoxy) is 1. The van der Waals surface area contributed by atoms with Crippen LogP contribution in [0.3, 0.4) is 0 Å². The van der Waals surface area contributed by atoms with Gasteiger partial charge >= 0.3 is 24.1 Å². The molecule has 0 bridgehead atoms. The summed E-state index contributed by atoms with van der Waals surface area (Å²) in [5, 5.41) is 28.9. The quantitative estimate of drug-likeness (QED) is 0.336. The highest BCUT2D eigenvalue weighted by Gasteiger charge is 2.84. The summed E-state index contributed by atoms with van der Waals surface area (Å²) in [5.74, 6) is -5.30. The van der Waals surface area contributed by atoms with Gasteiger partial charge in [0.05, 0.1) is 16.0 Å². The van der Waals surface area contributed by atoms with Gasteiger partial charge in [0.25, 0.3) is 0 Å². The van der Waals surface area contributed by atoms with E-state index in [9.17, 15) is 29.4 Å². The summed E-state index contributed by atoms with van der Waals surface area (Å²) in [4.78, 5) is 50.9. The van der Waals surface area contributed by atoms with Gasteiger partial charge in [-0.3, -0.25) is 4.79 Å². The largest absolute Gasteiger partial charge is 0.481 e. The molecule has 2 saturated carbocycles. The summed E-state index contributed by atoms with van der Waals surface area (Å²) >= 11 is 11.9. The van der Waals surface area contributed by atoms with Crippen LogP contribution in [-0.4, -0.2) is 51.5 Å². The van der Waals surface area contributed by atoms with Gasteiger partial charge in [-0.15, -0.1) is 0 Å². The average molecular weight is 544 g/mol. The lowest BCUT2D eigenvalue weighted by molar-refractivity contribution is -0.155. The minimum absolute atomic E-state index is 0.228. The van der Waals surface area contributed by atoms with Crippen molar-refractivity contribution in [3.8, 4) is 0 Å². The van der Waals surface area contributed by atoms with Crippen LogP contribution in [0.4, 0.5) is 15.3 Å². The highest BCUT2D eigenvalue weighted by Crippen LogP contribution is 2.71. The zero-order chi connectivity index (χ0) is 27.2. The number of carboxylic acids is 2. The van der Waals surface area contributed by atoms with Crippen molar-refractivity contribution >= 4 is 53.0 Å². The van der Waals surface area contributed by atoms with E-state index < -0.39 is 64.4 Å². The Kier molecular flexibility index (Phi) is 7.45. The van der Waals surface area contributed by atoms with E-state index in [4.69, 9.17) is 27.9 Å². The van der Waals surface area contributed by atoms with Gasteiger partial charge in [-0.05, 0) is 57.7 Å².